The zero-order valence-electron chi connectivity index (χ0n) is 15.8. The van der Waals surface area contributed by atoms with Crippen molar-refractivity contribution in [2.24, 2.45) is 0 Å². The molecule has 0 aromatic heterocycles. The Morgan fingerprint density at radius 3 is 1.73 bits per heavy atom. The Bertz CT molecular complexity index is 595. The predicted octanol–water partition coefficient (Wildman–Crippen LogP) is 3.06. The summed E-state index contributed by atoms with van der Waals surface area (Å²) in [7, 11) is 2.15. The van der Waals surface area contributed by atoms with Crippen molar-refractivity contribution in [1.82, 2.24) is 15.5 Å². The number of piperazine rings is 1. The van der Waals surface area contributed by atoms with Crippen LogP contribution in [0.1, 0.15) is 23.2 Å². The lowest BCUT2D eigenvalue weighted by molar-refractivity contribution is 0.112. The summed E-state index contributed by atoms with van der Waals surface area (Å²) in [5.41, 5.74) is 3.02. The van der Waals surface area contributed by atoms with Crippen LogP contribution in [0.15, 0.2) is 54.6 Å². The molecule has 0 spiro atoms. The van der Waals surface area contributed by atoms with Gasteiger partial charge in [0.05, 0.1) is 0 Å². The van der Waals surface area contributed by atoms with Crippen molar-refractivity contribution in [3.8, 4) is 11.1 Å². The molecule has 0 unspecified atom stereocenters. The molecule has 2 fully saturated rings. The molecule has 4 nitrogen and oxygen atoms in total. The Hall–Kier alpha value is -2.01. The van der Waals surface area contributed by atoms with Gasteiger partial charge in [-0.3, -0.25) is 4.79 Å². The van der Waals surface area contributed by atoms with Crippen molar-refractivity contribution in [2.75, 3.05) is 46.3 Å². The fourth-order valence-corrected chi connectivity index (χ4v) is 2.79. The van der Waals surface area contributed by atoms with Crippen molar-refractivity contribution in [2.45, 2.75) is 12.8 Å². The molecule has 4 rings (SSSR count). The van der Waals surface area contributed by atoms with Crippen LogP contribution in [0.2, 0.25) is 0 Å². The molecule has 2 heterocycles. The molecular formula is C22H31N3O. The molecule has 26 heavy (non-hydrogen) atoms. The minimum atomic E-state index is 0.713. The average Bonchev–Trinajstić information content (AvgIpc) is 3.30. The lowest BCUT2D eigenvalue weighted by atomic mass is 10.0. The van der Waals surface area contributed by atoms with Crippen molar-refractivity contribution in [3.63, 3.8) is 0 Å². The van der Waals surface area contributed by atoms with Gasteiger partial charge in [0.2, 0.25) is 0 Å². The maximum absolute atomic E-state index is 10.5. The van der Waals surface area contributed by atoms with E-state index >= 15 is 0 Å². The van der Waals surface area contributed by atoms with Gasteiger partial charge in [-0.1, -0.05) is 54.6 Å². The van der Waals surface area contributed by atoms with Gasteiger partial charge >= 0.3 is 0 Å². The second-order valence-electron chi connectivity index (χ2n) is 6.62. The number of rotatable bonds is 2. The molecule has 4 heteroatoms. The molecule has 0 saturated carbocycles. The first-order chi connectivity index (χ1) is 12.8. The van der Waals surface area contributed by atoms with Gasteiger partial charge in [-0.15, -0.1) is 0 Å². The standard InChI is InChI=1S/C13H10O.C5H12N2.C4H9N/c14-10-11-6-8-13(9-7-11)12-4-2-1-3-5-12;1-7-4-2-6-3-5-7;1-2-4-5-3-1/h1-10H;6H,2-5H2,1H3;5H,1-4H2. The van der Waals surface area contributed by atoms with Gasteiger partial charge in [-0.25, -0.2) is 0 Å². The summed E-state index contributed by atoms with van der Waals surface area (Å²) in [6.07, 6.45) is 3.63. The van der Waals surface area contributed by atoms with E-state index in [4.69, 9.17) is 0 Å². The zero-order valence-corrected chi connectivity index (χ0v) is 15.8. The molecule has 0 atom stereocenters. The minimum absolute atomic E-state index is 0.713. The van der Waals surface area contributed by atoms with Gasteiger partial charge in [0.15, 0.2) is 0 Å². The van der Waals surface area contributed by atoms with Gasteiger partial charge in [0.25, 0.3) is 0 Å². The Morgan fingerprint density at radius 2 is 1.31 bits per heavy atom. The lowest BCUT2D eigenvalue weighted by Gasteiger charge is -2.21. The van der Waals surface area contributed by atoms with E-state index in [1.165, 1.54) is 44.6 Å². The minimum Gasteiger partial charge on any atom is -0.317 e. The number of hydrogen-bond donors (Lipinski definition) is 2. The van der Waals surface area contributed by atoms with Gasteiger partial charge in [-0.05, 0) is 44.1 Å². The van der Waals surface area contributed by atoms with Crippen LogP contribution in [0, 0.1) is 0 Å². The molecule has 2 saturated heterocycles. The van der Waals surface area contributed by atoms with Crippen LogP contribution in [0.5, 0.6) is 0 Å². The molecule has 0 bridgehead atoms. The number of carbonyl (C=O) groups is 1. The second-order valence-corrected chi connectivity index (χ2v) is 6.62. The molecule has 0 aliphatic carbocycles. The summed E-state index contributed by atoms with van der Waals surface area (Å²) in [6, 6.07) is 17.7. The first-order valence-electron chi connectivity index (χ1n) is 9.50. The summed E-state index contributed by atoms with van der Waals surface area (Å²) in [5, 5.41) is 6.50. The number of benzene rings is 2. The summed E-state index contributed by atoms with van der Waals surface area (Å²) in [6.45, 7) is 7.24. The molecule has 2 N–H and O–H groups in total. The van der Waals surface area contributed by atoms with Crippen molar-refractivity contribution in [1.29, 1.82) is 0 Å². The maximum atomic E-state index is 10.5. The summed E-state index contributed by atoms with van der Waals surface area (Å²) < 4.78 is 0. The zero-order chi connectivity index (χ0) is 18.5. The molecular weight excluding hydrogens is 322 g/mol. The van der Waals surface area contributed by atoms with Crippen LogP contribution in [-0.2, 0) is 0 Å². The number of nitrogens with zero attached hydrogens (tertiary/aromatic N) is 1. The highest BCUT2D eigenvalue weighted by molar-refractivity contribution is 5.76. The van der Waals surface area contributed by atoms with E-state index in [1.807, 2.05) is 42.5 Å². The molecule has 0 amide bonds. The van der Waals surface area contributed by atoms with Crippen molar-refractivity contribution < 1.29 is 4.79 Å². The van der Waals surface area contributed by atoms with Crippen LogP contribution in [0.4, 0.5) is 0 Å². The fraction of sp³-hybridized carbons (Fsp3) is 0.409. The SMILES string of the molecule is C1CCNC1.CN1CCNCC1.O=Cc1ccc(-c2ccccc2)cc1. The van der Waals surface area contributed by atoms with Gasteiger partial charge in [0.1, 0.15) is 6.29 Å². The molecule has 2 aliphatic rings. The third-order valence-electron chi connectivity index (χ3n) is 4.45. The third kappa shape index (κ3) is 7.91. The highest BCUT2D eigenvalue weighted by Gasteiger charge is 2.01. The van der Waals surface area contributed by atoms with Crippen molar-refractivity contribution in [3.05, 3.63) is 60.2 Å². The molecule has 0 radical (unpaired) electrons. The smallest absolute Gasteiger partial charge is 0.150 e. The number of aldehydes is 1. The van der Waals surface area contributed by atoms with Crippen LogP contribution in [-0.4, -0.2) is 57.5 Å². The predicted molar refractivity (Wildman–Crippen MR) is 110 cm³/mol. The number of hydrogen-bond acceptors (Lipinski definition) is 4. The first kappa shape index (κ1) is 20.3. The summed E-state index contributed by atoms with van der Waals surface area (Å²) >= 11 is 0. The number of likely N-dealkylation sites (N-methyl/N-ethyl adjacent to an activating group) is 1. The van der Waals surface area contributed by atoms with E-state index in [1.54, 1.807) is 0 Å². The van der Waals surface area contributed by atoms with E-state index in [2.05, 4.69) is 34.7 Å². The third-order valence-corrected chi connectivity index (χ3v) is 4.45. The highest BCUT2D eigenvalue weighted by atomic mass is 16.1. The Balaban J connectivity index is 0.000000167. The normalized spacial score (nSPS) is 16.7. The monoisotopic (exact) mass is 353 g/mol. The number of nitrogens with one attached hydrogen (secondary N) is 2. The van der Waals surface area contributed by atoms with E-state index in [-0.39, 0.29) is 0 Å². The van der Waals surface area contributed by atoms with Gasteiger partial charge in [-0.2, -0.15) is 0 Å². The van der Waals surface area contributed by atoms with Crippen LogP contribution in [0.3, 0.4) is 0 Å². The fourth-order valence-electron chi connectivity index (χ4n) is 2.79. The molecule has 2 aliphatic heterocycles. The quantitative estimate of drug-likeness (QED) is 0.815. The Kier molecular flexibility index (Phi) is 9.65. The van der Waals surface area contributed by atoms with Crippen LogP contribution in [0.25, 0.3) is 11.1 Å². The topological polar surface area (TPSA) is 44.4 Å². The molecule has 2 aromatic rings. The van der Waals surface area contributed by atoms with E-state index in [9.17, 15) is 4.79 Å². The largest absolute Gasteiger partial charge is 0.317 e. The summed E-state index contributed by atoms with van der Waals surface area (Å²) in [4.78, 5) is 12.8. The lowest BCUT2D eigenvalue weighted by Crippen LogP contribution is -2.40. The van der Waals surface area contributed by atoms with Gasteiger partial charge < -0.3 is 15.5 Å². The van der Waals surface area contributed by atoms with Crippen LogP contribution >= 0.6 is 0 Å². The van der Waals surface area contributed by atoms with E-state index in [0.717, 1.165) is 24.9 Å². The second kappa shape index (κ2) is 12.4. The van der Waals surface area contributed by atoms with Crippen molar-refractivity contribution >= 4 is 6.29 Å². The summed E-state index contributed by atoms with van der Waals surface area (Å²) in [5.74, 6) is 0. The first-order valence-corrected chi connectivity index (χ1v) is 9.50. The maximum Gasteiger partial charge on any atom is 0.150 e. The van der Waals surface area contributed by atoms with Crippen LogP contribution < -0.4 is 10.6 Å². The molecule has 140 valence electrons. The number of carbonyl (C=O) groups excluding carboxylic acids is 1. The van der Waals surface area contributed by atoms with E-state index < -0.39 is 0 Å². The Morgan fingerprint density at radius 1 is 0.769 bits per heavy atom. The van der Waals surface area contributed by atoms with E-state index in [0.29, 0.717) is 5.56 Å². The molecule has 2 aromatic carbocycles. The average molecular weight is 354 g/mol. The van der Waals surface area contributed by atoms with Gasteiger partial charge in [0, 0.05) is 31.7 Å². The Labute approximate surface area is 157 Å². The highest BCUT2D eigenvalue weighted by Crippen LogP contribution is 2.18.